The summed E-state index contributed by atoms with van der Waals surface area (Å²) in [5, 5.41) is 0.0394. The van der Waals surface area contributed by atoms with Crippen molar-refractivity contribution in [1.82, 2.24) is 0 Å². The molecule has 1 rings (SSSR count). The molecule has 0 N–H and O–H groups in total. The van der Waals surface area contributed by atoms with E-state index in [4.69, 9.17) is 9.47 Å². The van der Waals surface area contributed by atoms with Crippen LogP contribution < -0.4 is 0 Å². The predicted octanol–water partition coefficient (Wildman–Crippen LogP) is 1.23. The first-order valence-corrected chi connectivity index (χ1v) is 2.87. The minimum atomic E-state index is 0.0394. The third-order valence-corrected chi connectivity index (χ3v) is 1.09. The second-order valence-electron chi connectivity index (χ2n) is 1.15. The van der Waals surface area contributed by atoms with Crippen LogP contribution in [-0.2, 0) is 9.47 Å². The van der Waals surface area contributed by atoms with E-state index >= 15 is 0 Å². The van der Waals surface area contributed by atoms with Crippen molar-refractivity contribution in [3.05, 3.63) is 12.5 Å². The van der Waals surface area contributed by atoms with Gasteiger partial charge in [0.1, 0.15) is 19.1 Å². The normalized spacial score (nSPS) is 28.4. The lowest BCUT2D eigenvalue weighted by atomic mass is 10.7. The number of hydrogen-bond donors (Lipinski definition) is 0. The summed E-state index contributed by atoms with van der Waals surface area (Å²) in [4.78, 5) is 0. The number of alkyl halides is 1. The van der Waals surface area contributed by atoms with Crippen LogP contribution in [0.2, 0.25) is 0 Å². The molecule has 0 aromatic carbocycles. The Kier molecular flexibility index (Phi) is 1.57. The SMILES string of the molecule is BrC1COC=CO1. The Hall–Kier alpha value is -0.180. The van der Waals surface area contributed by atoms with Crippen molar-refractivity contribution in [3.8, 4) is 0 Å². The summed E-state index contributed by atoms with van der Waals surface area (Å²) in [6, 6.07) is 0. The predicted molar refractivity (Wildman–Crippen MR) is 28.9 cm³/mol. The van der Waals surface area contributed by atoms with Crippen molar-refractivity contribution in [1.29, 1.82) is 0 Å². The molecular formula is C4H5BrO2. The summed E-state index contributed by atoms with van der Waals surface area (Å²) >= 11 is 3.19. The fourth-order valence-electron chi connectivity index (χ4n) is 0.327. The highest BCUT2D eigenvalue weighted by molar-refractivity contribution is 9.09. The van der Waals surface area contributed by atoms with Crippen LogP contribution in [0, 0.1) is 0 Å². The molecule has 0 saturated carbocycles. The van der Waals surface area contributed by atoms with E-state index in [0.717, 1.165) is 0 Å². The van der Waals surface area contributed by atoms with Crippen LogP contribution in [0.1, 0.15) is 0 Å². The molecule has 40 valence electrons. The number of ether oxygens (including phenoxy) is 2. The fraction of sp³-hybridized carbons (Fsp3) is 0.500. The Labute approximate surface area is 50.2 Å². The van der Waals surface area contributed by atoms with E-state index in [9.17, 15) is 0 Å². The van der Waals surface area contributed by atoms with Crippen LogP contribution in [0.15, 0.2) is 12.5 Å². The van der Waals surface area contributed by atoms with E-state index in [2.05, 4.69) is 15.9 Å². The summed E-state index contributed by atoms with van der Waals surface area (Å²) < 4.78 is 9.72. The van der Waals surface area contributed by atoms with Gasteiger partial charge in [-0.25, -0.2) is 0 Å². The first-order valence-electron chi connectivity index (χ1n) is 1.96. The molecule has 3 heteroatoms. The van der Waals surface area contributed by atoms with E-state index in [1.165, 1.54) is 12.5 Å². The maximum absolute atomic E-state index is 4.89. The van der Waals surface area contributed by atoms with Crippen molar-refractivity contribution in [2.24, 2.45) is 0 Å². The molecule has 0 saturated heterocycles. The first kappa shape index (κ1) is 4.97. The summed E-state index contributed by atoms with van der Waals surface area (Å²) in [5.41, 5.74) is 0. The van der Waals surface area contributed by atoms with Crippen LogP contribution >= 0.6 is 15.9 Å². The van der Waals surface area contributed by atoms with Gasteiger partial charge in [0.05, 0.1) is 0 Å². The molecule has 0 radical (unpaired) electrons. The van der Waals surface area contributed by atoms with E-state index in [1.54, 1.807) is 0 Å². The van der Waals surface area contributed by atoms with Crippen LogP contribution in [0.25, 0.3) is 0 Å². The zero-order chi connectivity index (χ0) is 5.11. The van der Waals surface area contributed by atoms with E-state index in [1.807, 2.05) is 0 Å². The molecule has 1 aliphatic rings. The van der Waals surface area contributed by atoms with Crippen LogP contribution in [-0.4, -0.2) is 11.6 Å². The van der Waals surface area contributed by atoms with E-state index in [0.29, 0.717) is 6.61 Å². The molecule has 0 bridgehead atoms. The molecule has 1 aliphatic heterocycles. The van der Waals surface area contributed by atoms with Crippen LogP contribution in [0.3, 0.4) is 0 Å². The van der Waals surface area contributed by atoms with Crippen molar-refractivity contribution in [3.63, 3.8) is 0 Å². The van der Waals surface area contributed by atoms with Gasteiger partial charge in [0, 0.05) is 0 Å². The summed E-state index contributed by atoms with van der Waals surface area (Å²) in [7, 11) is 0. The van der Waals surface area contributed by atoms with Crippen molar-refractivity contribution < 1.29 is 9.47 Å². The molecule has 0 aromatic rings. The van der Waals surface area contributed by atoms with Gasteiger partial charge in [-0.1, -0.05) is 0 Å². The zero-order valence-electron chi connectivity index (χ0n) is 3.63. The highest BCUT2D eigenvalue weighted by Crippen LogP contribution is 2.06. The smallest absolute Gasteiger partial charge is 0.186 e. The Morgan fingerprint density at radius 3 is 2.71 bits per heavy atom. The highest BCUT2D eigenvalue weighted by atomic mass is 79.9. The Morgan fingerprint density at radius 2 is 2.43 bits per heavy atom. The second-order valence-corrected chi connectivity index (χ2v) is 2.17. The van der Waals surface area contributed by atoms with Gasteiger partial charge in [0.2, 0.25) is 0 Å². The number of rotatable bonds is 0. The molecule has 0 aliphatic carbocycles. The van der Waals surface area contributed by atoms with Crippen molar-refractivity contribution >= 4 is 15.9 Å². The van der Waals surface area contributed by atoms with Gasteiger partial charge in [-0.05, 0) is 15.9 Å². The Morgan fingerprint density at radius 1 is 1.57 bits per heavy atom. The van der Waals surface area contributed by atoms with E-state index in [-0.39, 0.29) is 5.01 Å². The largest absolute Gasteiger partial charge is 0.493 e. The van der Waals surface area contributed by atoms with E-state index < -0.39 is 0 Å². The van der Waals surface area contributed by atoms with Gasteiger partial charge < -0.3 is 9.47 Å². The molecule has 1 unspecified atom stereocenters. The van der Waals surface area contributed by atoms with Crippen LogP contribution in [0.4, 0.5) is 0 Å². The topological polar surface area (TPSA) is 18.5 Å². The maximum atomic E-state index is 4.89. The standard InChI is InChI=1S/C4H5BrO2/c5-4-3-6-1-2-7-4/h1-2,4H,3H2. The number of hydrogen-bond acceptors (Lipinski definition) is 2. The van der Waals surface area contributed by atoms with Gasteiger partial charge in [0.25, 0.3) is 0 Å². The van der Waals surface area contributed by atoms with Gasteiger partial charge in [-0.3, -0.25) is 0 Å². The lowest BCUT2D eigenvalue weighted by Gasteiger charge is -2.12. The molecule has 0 amide bonds. The molecule has 0 aromatic heterocycles. The molecule has 1 heterocycles. The van der Waals surface area contributed by atoms with Gasteiger partial charge in [-0.15, -0.1) is 0 Å². The Balaban J connectivity index is 2.32. The fourth-order valence-corrected chi connectivity index (χ4v) is 0.604. The summed E-state index contributed by atoms with van der Waals surface area (Å²) in [6.07, 6.45) is 3.04. The lowest BCUT2D eigenvalue weighted by molar-refractivity contribution is 0.0902. The van der Waals surface area contributed by atoms with Crippen molar-refractivity contribution in [2.45, 2.75) is 5.01 Å². The number of halogens is 1. The minimum absolute atomic E-state index is 0.0394. The lowest BCUT2D eigenvalue weighted by Crippen LogP contribution is -2.10. The minimum Gasteiger partial charge on any atom is -0.493 e. The quantitative estimate of drug-likeness (QED) is 0.502. The summed E-state index contributed by atoms with van der Waals surface area (Å²) in [5.74, 6) is 0. The third-order valence-electron chi connectivity index (χ3n) is 0.605. The molecule has 7 heavy (non-hydrogen) atoms. The maximum Gasteiger partial charge on any atom is 0.186 e. The second kappa shape index (κ2) is 2.21. The van der Waals surface area contributed by atoms with Gasteiger partial charge >= 0.3 is 0 Å². The average molecular weight is 165 g/mol. The highest BCUT2D eigenvalue weighted by Gasteiger charge is 2.03. The molecule has 2 nitrogen and oxygen atoms in total. The summed E-state index contributed by atoms with van der Waals surface area (Å²) in [6.45, 7) is 0.594. The molecule has 1 atom stereocenters. The third kappa shape index (κ3) is 1.39. The van der Waals surface area contributed by atoms with Gasteiger partial charge in [-0.2, -0.15) is 0 Å². The van der Waals surface area contributed by atoms with Crippen LogP contribution in [0.5, 0.6) is 0 Å². The van der Waals surface area contributed by atoms with Gasteiger partial charge in [0.15, 0.2) is 5.01 Å². The molecule has 0 fully saturated rings. The monoisotopic (exact) mass is 164 g/mol. The Bertz CT molecular complexity index is 81.8. The molecular weight excluding hydrogens is 160 g/mol. The molecule has 0 spiro atoms. The average Bonchev–Trinajstić information content (AvgIpc) is 1.69. The first-order chi connectivity index (χ1) is 3.39. The van der Waals surface area contributed by atoms with Crippen molar-refractivity contribution in [2.75, 3.05) is 6.61 Å². The zero-order valence-corrected chi connectivity index (χ0v) is 5.22.